The number of ether oxygens (including phenoxy) is 1. The van der Waals surface area contributed by atoms with Crippen LogP contribution in [0.1, 0.15) is 33.1 Å². The minimum Gasteiger partial charge on any atom is -0.382 e. The van der Waals surface area contributed by atoms with E-state index in [0.29, 0.717) is 18.7 Å². The Balaban J connectivity index is 0.000000171. The molecule has 0 aromatic heterocycles. The van der Waals surface area contributed by atoms with Gasteiger partial charge in [-0.25, -0.2) is 4.39 Å². The summed E-state index contributed by atoms with van der Waals surface area (Å²) in [5.74, 6) is 0. The topological polar surface area (TPSA) is 12.5 Å². The Morgan fingerprint density at radius 3 is 2.57 bits per heavy atom. The molecule has 2 atom stereocenters. The van der Waals surface area contributed by atoms with Gasteiger partial charge in [-0.3, -0.25) is 4.90 Å². The summed E-state index contributed by atoms with van der Waals surface area (Å²) in [7, 11) is 1.70. The molecule has 3 heteroatoms. The van der Waals surface area contributed by atoms with Gasteiger partial charge in [-0.15, -0.1) is 0 Å². The largest absolute Gasteiger partial charge is 0.382 e. The van der Waals surface area contributed by atoms with Gasteiger partial charge in [-0.05, 0) is 39.7 Å². The first-order valence-electron chi connectivity index (χ1n) is 5.54. The van der Waals surface area contributed by atoms with Crippen LogP contribution in [0.3, 0.4) is 0 Å². The summed E-state index contributed by atoms with van der Waals surface area (Å²) in [4.78, 5) is 2.28. The number of alkyl halides is 1. The molecule has 84 valence electrons. The van der Waals surface area contributed by atoms with Crippen LogP contribution in [0, 0.1) is 0 Å². The molecule has 2 aliphatic heterocycles. The maximum atomic E-state index is 12.6. The molecule has 0 bridgehead atoms. The molecule has 2 heterocycles. The first-order chi connectivity index (χ1) is 6.63. The van der Waals surface area contributed by atoms with Crippen LogP contribution < -0.4 is 0 Å². The van der Waals surface area contributed by atoms with Crippen molar-refractivity contribution < 1.29 is 9.13 Å². The molecule has 2 fully saturated rings. The van der Waals surface area contributed by atoms with Crippen molar-refractivity contribution in [3.63, 3.8) is 0 Å². The van der Waals surface area contributed by atoms with Gasteiger partial charge >= 0.3 is 0 Å². The van der Waals surface area contributed by atoms with Gasteiger partial charge in [0, 0.05) is 19.7 Å². The van der Waals surface area contributed by atoms with Gasteiger partial charge in [-0.2, -0.15) is 0 Å². The lowest BCUT2D eigenvalue weighted by Crippen LogP contribution is -2.22. The Morgan fingerprint density at radius 2 is 2.07 bits per heavy atom. The Hall–Kier alpha value is -0.150. The highest BCUT2D eigenvalue weighted by atomic mass is 19.1. The van der Waals surface area contributed by atoms with E-state index >= 15 is 0 Å². The summed E-state index contributed by atoms with van der Waals surface area (Å²) in [6, 6.07) is 0.611. The molecule has 1 unspecified atom stereocenters. The molecule has 0 spiro atoms. The third-order valence-corrected chi connectivity index (χ3v) is 2.93. The van der Waals surface area contributed by atoms with Crippen LogP contribution in [0.5, 0.6) is 0 Å². The molecule has 0 radical (unpaired) electrons. The van der Waals surface area contributed by atoms with Gasteiger partial charge in [0.05, 0.1) is 6.10 Å². The highest BCUT2D eigenvalue weighted by Gasteiger charge is 2.34. The van der Waals surface area contributed by atoms with Crippen LogP contribution in [0.2, 0.25) is 0 Å². The predicted molar refractivity (Wildman–Crippen MR) is 56.3 cm³/mol. The molecule has 2 saturated heterocycles. The van der Waals surface area contributed by atoms with E-state index in [9.17, 15) is 4.39 Å². The van der Waals surface area contributed by atoms with Gasteiger partial charge in [0.2, 0.25) is 0 Å². The quantitative estimate of drug-likeness (QED) is 0.648. The normalized spacial score (nSPS) is 31.5. The van der Waals surface area contributed by atoms with Gasteiger partial charge in [-0.1, -0.05) is 0 Å². The summed E-state index contributed by atoms with van der Waals surface area (Å²) in [5, 5.41) is 0. The smallest absolute Gasteiger partial charge is 0.114 e. The zero-order chi connectivity index (χ0) is 10.6. The molecular weight excluding hydrogens is 181 g/mol. The van der Waals surface area contributed by atoms with E-state index in [1.54, 1.807) is 7.11 Å². The van der Waals surface area contributed by atoms with E-state index in [0.717, 1.165) is 13.0 Å². The molecule has 14 heavy (non-hydrogen) atoms. The molecule has 2 aliphatic rings. The van der Waals surface area contributed by atoms with E-state index in [2.05, 4.69) is 4.90 Å². The summed E-state index contributed by atoms with van der Waals surface area (Å²) < 4.78 is 17.4. The SMILES string of the molecule is COC(C)C.F[C@@H]1CC2CCCN2C1. The fourth-order valence-electron chi connectivity index (χ4n) is 2.03. The van der Waals surface area contributed by atoms with E-state index in [1.165, 1.54) is 12.8 Å². The molecule has 0 aliphatic carbocycles. The molecule has 0 amide bonds. The summed E-state index contributed by atoms with van der Waals surface area (Å²) in [5.41, 5.74) is 0. The molecule has 0 aromatic carbocycles. The second kappa shape index (κ2) is 5.66. The zero-order valence-electron chi connectivity index (χ0n) is 9.50. The number of rotatable bonds is 1. The van der Waals surface area contributed by atoms with Crippen molar-refractivity contribution in [2.24, 2.45) is 0 Å². The lowest BCUT2D eigenvalue weighted by molar-refractivity contribution is 0.134. The lowest BCUT2D eigenvalue weighted by atomic mass is 10.1. The zero-order valence-corrected chi connectivity index (χ0v) is 9.50. The second-order valence-corrected chi connectivity index (χ2v) is 4.41. The second-order valence-electron chi connectivity index (χ2n) is 4.41. The average Bonchev–Trinajstić information content (AvgIpc) is 2.64. The number of methoxy groups -OCH3 is 1. The minimum absolute atomic E-state index is 0.384. The van der Waals surface area contributed by atoms with Crippen molar-refractivity contribution in [1.82, 2.24) is 4.90 Å². The van der Waals surface area contributed by atoms with Crippen molar-refractivity contribution in [1.29, 1.82) is 0 Å². The number of hydrogen-bond acceptors (Lipinski definition) is 2. The summed E-state index contributed by atoms with van der Waals surface area (Å²) >= 11 is 0. The maximum absolute atomic E-state index is 12.6. The van der Waals surface area contributed by atoms with Crippen molar-refractivity contribution >= 4 is 0 Å². The minimum atomic E-state index is -0.518. The van der Waals surface area contributed by atoms with Crippen LogP contribution in [0.4, 0.5) is 4.39 Å². The standard InChI is InChI=1S/C7H12FN.C4H10O/c8-6-4-7-2-1-3-9(7)5-6;1-4(2)5-3/h6-7H,1-5H2;4H,1-3H3/t6-,7?;/m1./s1. The van der Waals surface area contributed by atoms with Gasteiger partial charge in [0.1, 0.15) is 6.17 Å². The van der Waals surface area contributed by atoms with Crippen molar-refractivity contribution in [3.8, 4) is 0 Å². The van der Waals surface area contributed by atoms with Gasteiger partial charge in [0.15, 0.2) is 0 Å². The Labute approximate surface area is 86.4 Å². The number of halogens is 1. The highest BCUT2D eigenvalue weighted by Crippen LogP contribution is 2.28. The van der Waals surface area contributed by atoms with E-state index < -0.39 is 6.17 Å². The summed E-state index contributed by atoms with van der Waals surface area (Å²) in [6.07, 6.45) is 3.20. The van der Waals surface area contributed by atoms with Crippen LogP contribution >= 0.6 is 0 Å². The van der Waals surface area contributed by atoms with E-state index in [1.807, 2.05) is 13.8 Å². The number of nitrogens with zero attached hydrogens (tertiary/aromatic N) is 1. The van der Waals surface area contributed by atoms with Crippen LogP contribution in [-0.4, -0.2) is 43.4 Å². The van der Waals surface area contributed by atoms with Crippen LogP contribution in [0.15, 0.2) is 0 Å². The van der Waals surface area contributed by atoms with Gasteiger partial charge < -0.3 is 4.74 Å². The Bertz CT molecular complexity index is 151. The Kier molecular flexibility index (Phi) is 4.82. The Morgan fingerprint density at radius 1 is 1.43 bits per heavy atom. The fourth-order valence-corrected chi connectivity index (χ4v) is 2.03. The third-order valence-electron chi connectivity index (χ3n) is 2.93. The third kappa shape index (κ3) is 3.54. The van der Waals surface area contributed by atoms with Crippen LogP contribution in [-0.2, 0) is 4.74 Å². The van der Waals surface area contributed by atoms with Gasteiger partial charge in [0.25, 0.3) is 0 Å². The molecular formula is C11H22FNO. The van der Waals surface area contributed by atoms with Crippen molar-refractivity contribution in [2.75, 3.05) is 20.2 Å². The maximum Gasteiger partial charge on any atom is 0.114 e. The van der Waals surface area contributed by atoms with Crippen molar-refractivity contribution in [3.05, 3.63) is 0 Å². The molecule has 0 N–H and O–H groups in total. The lowest BCUT2D eigenvalue weighted by Gasteiger charge is -2.11. The first-order valence-corrected chi connectivity index (χ1v) is 5.54. The molecule has 2 rings (SSSR count). The summed E-state index contributed by atoms with van der Waals surface area (Å²) in [6.45, 7) is 5.86. The highest BCUT2D eigenvalue weighted by molar-refractivity contribution is 4.89. The number of fused-ring (bicyclic) bond motifs is 1. The first kappa shape index (κ1) is 11.9. The molecule has 0 saturated carbocycles. The molecule has 2 nitrogen and oxygen atoms in total. The molecule has 0 aromatic rings. The van der Waals surface area contributed by atoms with Crippen LogP contribution in [0.25, 0.3) is 0 Å². The van der Waals surface area contributed by atoms with Crippen molar-refractivity contribution in [2.45, 2.75) is 51.4 Å². The fraction of sp³-hybridized carbons (Fsp3) is 1.00. The average molecular weight is 203 g/mol. The van der Waals surface area contributed by atoms with E-state index in [-0.39, 0.29) is 0 Å². The van der Waals surface area contributed by atoms with E-state index in [4.69, 9.17) is 4.74 Å². The number of hydrogen-bond donors (Lipinski definition) is 0. The monoisotopic (exact) mass is 203 g/mol. The predicted octanol–water partition coefficient (Wildman–Crippen LogP) is 2.23.